The maximum Gasteiger partial charge on any atom is 0.416 e. The average molecular weight is 512 g/mol. The Morgan fingerprint density at radius 2 is 1.56 bits per heavy atom. The third kappa shape index (κ3) is 5.86. The van der Waals surface area contributed by atoms with Crippen LogP contribution in [0, 0.1) is 5.82 Å². The van der Waals surface area contributed by atoms with Crippen LogP contribution in [0.4, 0.5) is 23.2 Å². The minimum atomic E-state index is -4.54. The van der Waals surface area contributed by atoms with Crippen molar-refractivity contribution in [3.8, 4) is 0 Å². The summed E-state index contributed by atoms with van der Waals surface area (Å²) in [6.07, 6.45) is -2.85. The van der Waals surface area contributed by atoms with Crippen LogP contribution in [0.1, 0.15) is 22.4 Å². The molecule has 1 heterocycles. The lowest BCUT2D eigenvalue weighted by Gasteiger charge is -2.37. The molecule has 4 aromatic rings. The Morgan fingerprint density at radius 1 is 0.861 bits per heavy atom. The van der Waals surface area contributed by atoms with Gasteiger partial charge in [0.05, 0.1) is 22.1 Å². The summed E-state index contributed by atoms with van der Waals surface area (Å²) in [5.41, 5.74) is 0.127. The molecule has 0 saturated heterocycles. The zero-order valence-electron chi connectivity index (χ0n) is 19.0. The highest BCUT2D eigenvalue weighted by Crippen LogP contribution is 2.37. The zero-order valence-corrected chi connectivity index (χ0v) is 19.7. The summed E-state index contributed by atoms with van der Waals surface area (Å²) < 4.78 is 54.5. The Kier molecular flexibility index (Phi) is 7.31. The van der Waals surface area contributed by atoms with Gasteiger partial charge in [-0.25, -0.2) is 4.39 Å². The Balaban J connectivity index is 1.86. The van der Waals surface area contributed by atoms with E-state index in [4.69, 9.17) is 11.6 Å². The lowest BCUT2D eigenvalue weighted by molar-refractivity contribution is -0.137. The van der Waals surface area contributed by atoms with Gasteiger partial charge in [0.1, 0.15) is 11.4 Å². The molecule has 184 valence electrons. The molecule has 3 nitrogen and oxygen atoms in total. The summed E-state index contributed by atoms with van der Waals surface area (Å²) in [4.78, 5) is 4.49. The monoisotopic (exact) mass is 511 g/mol. The number of alkyl halides is 3. The fraction of sp³-hybridized carbons (Fsp3) is 0.107. The third-order valence-electron chi connectivity index (χ3n) is 5.66. The van der Waals surface area contributed by atoms with Crippen LogP contribution >= 0.6 is 11.6 Å². The predicted molar refractivity (Wildman–Crippen MR) is 134 cm³/mol. The van der Waals surface area contributed by atoms with E-state index >= 15 is 0 Å². The van der Waals surface area contributed by atoms with E-state index in [0.717, 1.165) is 17.7 Å². The van der Waals surface area contributed by atoms with Crippen LogP contribution in [0.5, 0.6) is 0 Å². The fourth-order valence-electron chi connectivity index (χ4n) is 4.01. The van der Waals surface area contributed by atoms with Crippen LogP contribution in [0.2, 0.25) is 5.02 Å². The number of hydrogen-bond donors (Lipinski definition) is 2. The summed E-state index contributed by atoms with van der Waals surface area (Å²) in [6, 6.07) is 23.4. The first-order valence-electron chi connectivity index (χ1n) is 11.0. The molecule has 2 N–H and O–H groups in total. The molecule has 0 amide bonds. The van der Waals surface area contributed by atoms with Gasteiger partial charge in [-0.3, -0.25) is 4.98 Å². The molecule has 0 saturated carbocycles. The predicted octanol–water partition coefficient (Wildman–Crippen LogP) is 7.55. The van der Waals surface area contributed by atoms with Gasteiger partial charge < -0.3 is 10.6 Å². The Morgan fingerprint density at radius 3 is 2.19 bits per heavy atom. The van der Waals surface area contributed by atoms with Gasteiger partial charge in [-0.05, 0) is 59.7 Å². The highest BCUT2D eigenvalue weighted by atomic mass is 35.5. The second-order valence-corrected chi connectivity index (χ2v) is 8.68. The molecule has 1 aromatic heterocycles. The smallest absolute Gasteiger partial charge is 0.357 e. The number of nitrogens with zero attached hydrogens (tertiary/aromatic N) is 1. The van der Waals surface area contributed by atoms with Crippen LogP contribution in [0.3, 0.4) is 0 Å². The van der Waals surface area contributed by atoms with Crippen molar-refractivity contribution >= 4 is 17.3 Å². The number of aromatic nitrogens is 1. The van der Waals surface area contributed by atoms with E-state index in [0.29, 0.717) is 22.0 Å². The second kappa shape index (κ2) is 10.4. The van der Waals surface area contributed by atoms with E-state index in [1.807, 2.05) is 30.3 Å². The summed E-state index contributed by atoms with van der Waals surface area (Å²) in [6.45, 7) is 4.05. The van der Waals surface area contributed by atoms with Gasteiger partial charge in [0.25, 0.3) is 0 Å². The molecule has 36 heavy (non-hydrogen) atoms. The standard InChI is InChI=1S/C28H22ClF4N3/c1-19(35-25-13-11-24(30)12-14-25)36-27(17-20-6-3-2-4-7-20,26-15-10-23(29)18-34-26)21-8-5-9-22(16-21)28(31,32)33/h2-16,18,35-36H,1,17H2. The van der Waals surface area contributed by atoms with E-state index in [1.54, 1.807) is 18.2 Å². The van der Waals surface area contributed by atoms with Crippen molar-refractivity contribution in [1.29, 1.82) is 0 Å². The van der Waals surface area contributed by atoms with Crippen LogP contribution in [0.25, 0.3) is 0 Å². The molecule has 0 bridgehead atoms. The van der Waals surface area contributed by atoms with Crippen molar-refractivity contribution in [2.45, 2.75) is 18.1 Å². The molecule has 0 aliphatic rings. The Hall–Kier alpha value is -3.84. The number of hydrogen-bond acceptors (Lipinski definition) is 3. The van der Waals surface area contributed by atoms with Gasteiger partial charge in [0, 0.05) is 18.3 Å². The minimum absolute atomic E-state index is 0.244. The molecule has 1 atom stereocenters. The van der Waals surface area contributed by atoms with E-state index in [9.17, 15) is 17.6 Å². The molecule has 8 heteroatoms. The number of benzene rings is 3. The molecule has 3 aromatic carbocycles. The van der Waals surface area contributed by atoms with Gasteiger partial charge in [-0.1, -0.05) is 60.6 Å². The largest absolute Gasteiger partial charge is 0.416 e. The molecule has 0 fully saturated rings. The maximum absolute atomic E-state index is 13.7. The van der Waals surface area contributed by atoms with Gasteiger partial charge in [0.15, 0.2) is 0 Å². The van der Waals surface area contributed by atoms with E-state index in [1.165, 1.54) is 36.5 Å². The molecule has 0 aliphatic carbocycles. The lowest BCUT2D eigenvalue weighted by Crippen LogP contribution is -2.47. The number of pyridine rings is 1. The Labute approximate surface area is 211 Å². The quantitative estimate of drug-likeness (QED) is 0.240. The van der Waals surface area contributed by atoms with Gasteiger partial charge in [-0.15, -0.1) is 0 Å². The number of rotatable bonds is 8. The number of anilines is 1. The number of halogens is 5. The van der Waals surface area contributed by atoms with Crippen molar-refractivity contribution in [3.63, 3.8) is 0 Å². The van der Waals surface area contributed by atoms with Crippen molar-refractivity contribution in [3.05, 3.63) is 143 Å². The highest BCUT2D eigenvalue weighted by Gasteiger charge is 2.39. The Bertz CT molecular complexity index is 1320. The summed E-state index contributed by atoms with van der Waals surface area (Å²) in [5.74, 6) is -0.112. The van der Waals surface area contributed by atoms with Crippen LogP contribution in [-0.4, -0.2) is 4.98 Å². The van der Waals surface area contributed by atoms with E-state index < -0.39 is 23.1 Å². The molecular weight excluding hydrogens is 490 g/mol. The first-order chi connectivity index (χ1) is 17.2. The second-order valence-electron chi connectivity index (χ2n) is 8.24. The average Bonchev–Trinajstić information content (AvgIpc) is 2.85. The van der Waals surface area contributed by atoms with Crippen molar-refractivity contribution in [2.24, 2.45) is 0 Å². The molecule has 0 spiro atoms. The van der Waals surface area contributed by atoms with Crippen molar-refractivity contribution in [2.75, 3.05) is 5.32 Å². The molecule has 4 rings (SSSR count). The topological polar surface area (TPSA) is 37.0 Å². The first-order valence-corrected chi connectivity index (χ1v) is 11.4. The SMILES string of the molecule is C=C(Nc1ccc(F)cc1)NC(Cc1ccccc1)(c1cccc(C(F)(F)F)c1)c1ccc(Cl)cn1. The van der Waals surface area contributed by atoms with Gasteiger partial charge in [-0.2, -0.15) is 13.2 Å². The van der Waals surface area contributed by atoms with E-state index in [-0.39, 0.29) is 12.2 Å². The van der Waals surface area contributed by atoms with Gasteiger partial charge in [0.2, 0.25) is 0 Å². The van der Waals surface area contributed by atoms with E-state index in [2.05, 4.69) is 22.2 Å². The molecular formula is C28H22ClF4N3. The summed E-state index contributed by atoms with van der Waals surface area (Å²) >= 11 is 6.09. The molecule has 0 aliphatic heterocycles. The normalized spacial score (nSPS) is 13.0. The summed E-state index contributed by atoms with van der Waals surface area (Å²) in [5, 5.41) is 6.75. The maximum atomic E-state index is 13.7. The van der Waals surface area contributed by atoms with Crippen molar-refractivity contribution < 1.29 is 17.6 Å². The van der Waals surface area contributed by atoms with Crippen molar-refractivity contribution in [1.82, 2.24) is 10.3 Å². The summed E-state index contributed by atoms with van der Waals surface area (Å²) in [7, 11) is 0. The van der Waals surface area contributed by atoms with Crippen LogP contribution in [-0.2, 0) is 18.1 Å². The first kappa shape index (κ1) is 25.3. The number of nitrogens with one attached hydrogen (secondary N) is 2. The fourth-order valence-corrected chi connectivity index (χ4v) is 4.12. The molecule has 1 unspecified atom stereocenters. The zero-order chi connectivity index (χ0) is 25.8. The highest BCUT2D eigenvalue weighted by molar-refractivity contribution is 6.30. The molecule has 0 radical (unpaired) electrons. The van der Waals surface area contributed by atoms with Gasteiger partial charge >= 0.3 is 6.18 Å². The van der Waals surface area contributed by atoms with Crippen LogP contribution < -0.4 is 10.6 Å². The lowest BCUT2D eigenvalue weighted by atomic mass is 9.80. The third-order valence-corrected chi connectivity index (χ3v) is 5.89. The van der Waals surface area contributed by atoms with Crippen LogP contribution in [0.15, 0.2) is 110 Å². The minimum Gasteiger partial charge on any atom is -0.357 e.